The molecule has 24 heavy (non-hydrogen) atoms. The second kappa shape index (κ2) is 7.87. The smallest absolute Gasteiger partial charge is 0.272 e. The molecule has 0 aliphatic rings. The van der Waals surface area contributed by atoms with E-state index < -0.39 is 11.6 Å². The summed E-state index contributed by atoms with van der Waals surface area (Å²) < 4.78 is 25.9. The highest BCUT2D eigenvalue weighted by Crippen LogP contribution is 2.20. The average Bonchev–Trinajstić information content (AvgIpc) is 2.55. The minimum Gasteiger partial charge on any atom is -0.343 e. The van der Waals surface area contributed by atoms with Crippen LogP contribution in [0.2, 0.25) is 0 Å². The molecule has 0 spiro atoms. The van der Waals surface area contributed by atoms with E-state index in [1.807, 2.05) is 0 Å². The lowest BCUT2D eigenvalue weighted by atomic mass is 10.3. The Kier molecular flexibility index (Phi) is 5.86. The molecule has 1 aromatic carbocycles. The van der Waals surface area contributed by atoms with Gasteiger partial charge in [-0.05, 0) is 30.3 Å². The first-order valence-corrected chi connectivity index (χ1v) is 7.91. The quantitative estimate of drug-likeness (QED) is 0.842. The number of nitrogens with zero attached hydrogens (tertiary/aromatic N) is 2. The number of benzene rings is 1. The molecule has 1 N–H and O–H groups in total. The van der Waals surface area contributed by atoms with Crippen LogP contribution in [-0.2, 0) is 4.79 Å². The van der Waals surface area contributed by atoms with Crippen molar-refractivity contribution in [3.63, 3.8) is 0 Å². The summed E-state index contributed by atoms with van der Waals surface area (Å²) in [6, 6.07) is 6.48. The van der Waals surface area contributed by atoms with Crippen molar-refractivity contribution in [2.75, 3.05) is 25.2 Å². The maximum atomic E-state index is 13.1. The van der Waals surface area contributed by atoms with Crippen LogP contribution in [0, 0.1) is 11.6 Å². The van der Waals surface area contributed by atoms with Gasteiger partial charge in [-0.15, -0.1) is 11.8 Å². The van der Waals surface area contributed by atoms with E-state index >= 15 is 0 Å². The monoisotopic (exact) mass is 351 g/mol. The van der Waals surface area contributed by atoms with E-state index in [4.69, 9.17) is 0 Å². The van der Waals surface area contributed by atoms with Crippen molar-refractivity contribution in [3.8, 4) is 0 Å². The average molecular weight is 351 g/mol. The summed E-state index contributed by atoms with van der Waals surface area (Å²) in [6.07, 6.45) is 1.43. The van der Waals surface area contributed by atoms with E-state index in [-0.39, 0.29) is 23.3 Å². The minimum absolute atomic E-state index is 0.0182. The molecule has 0 aliphatic heterocycles. The third-order valence-corrected chi connectivity index (χ3v) is 3.92. The van der Waals surface area contributed by atoms with E-state index in [0.29, 0.717) is 10.6 Å². The predicted molar refractivity (Wildman–Crippen MR) is 88.0 cm³/mol. The Hall–Kier alpha value is -2.48. The van der Waals surface area contributed by atoms with Crippen molar-refractivity contribution in [2.24, 2.45) is 0 Å². The first kappa shape index (κ1) is 17.9. The van der Waals surface area contributed by atoms with E-state index in [0.717, 1.165) is 23.9 Å². The molecule has 0 bridgehead atoms. The molecule has 0 saturated carbocycles. The van der Waals surface area contributed by atoms with Gasteiger partial charge in [-0.25, -0.2) is 8.78 Å². The number of thioether (sulfide) groups is 1. The van der Waals surface area contributed by atoms with Crippen LogP contribution in [0.4, 0.5) is 14.5 Å². The zero-order valence-corrected chi connectivity index (χ0v) is 13.9. The summed E-state index contributed by atoms with van der Waals surface area (Å²) in [7, 11) is 3.21. The second-order valence-corrected chi connectivity index (χ2v) is 6.09. The summed E-state index contributed by atoms with van der Waals surface area (Å²) in [5, 5.41) is 2.63. The standard InChI is InChI=1S/C16H15F2N3O2S/c1-21(2)16(23)14-7-10(5-6-19-14)20-15(22)9-24-11-3-4-12(17)13(18)8-11/h3-8H,9H2,1-2H3,(H,19,20,22). The minimum atomic E-state index is -0.957. The zero-order chi connectivity index (χ0) is 17.7. The SMILES string of the molecule is CN(C)C(=O)c1cc(NC(=O)CSc2ccc(F)c(F)c2)ccn1. The van der Waals surface area contributed by atoms with Crippen molar-refractivity contribution >= 4 is 29.3 Å². The lowest BCUT2D eigenvalue weighted by Gasteiger charge is -2.11. The lowest BCUT2D eigenvalue weighted by Crippen LogP contribution is -2.23. The summed E-state index contributed by atoms with van der Waals surface area (Å²) in [5.74, 6) is -2.48. The molecule has 126 valence electrons. The summed E-state index contributed by atoms with van der Waals surface area (Å²) in [4.78, 5) is 29.6. The van der Waals surface area contributed by atoms with Crippen LogP contribution in [0.5, 0.6) is 0 Å². The van der Waals surface area contributed by atoms with Gasteiger partial charge >= 0.3 is 0 Å². The predicted octanol–water partition coefficient (Wildman–Crippen LogP) is 2.79. The molecule has 2 rings (SSSR count). The molecular formula is C16H15F2N3O2S. The molecule has 8 heteroatoms. The van der Waals surface area contributed by atoms with Crippen LogP contribution in [-0.4, -0.2) is 41.5 Å². The van der Waals surface area contributed by atoms with E-state index in [9.17, 15) is 18.4 Å². The number of rotatable bonds is 5. The molecule has 1 aromatic heterocycles. The normalized spacial score (nSPS) is 10.3. The van der Waals surface area contributed by atoms with Gasteiger partial charge < -0.3 is 10.2 Å². The third kappa shape index (κ3) is 4.76. The van der Waals surface area contributed by atoms with Crippen LogP contribution in [0.25, 0.3) is 0 Å². The van der Waals surface area contributed by atoms with E-state index in [2.05, 4.69) is 10.3 Å². The number of carbonyl (C=O) groups excluding carboxylic acids is 2. The highest BCUT2D eigenvalue weighted by molar-refractivity contribution is 8.00. The molecule has 0 saturated heterocycles. The van der Waals surface area contributed by atoms with Gasteiger partial charge in [-0.1, -0.05) is 0 Å². The molecule has 2 amide bonds. The Morgan fingerprint density at radius 3 is 2.58 bits per heavy atom. The largest absolute Gasteiger partial charge is 0.343 e. The highest BCUT2D eigenvalue weighted by Gasteiger charge is 2.11. The van der Waals surface area contributed by atoms with Crippen LogP contribution in [0.1, 0.15) is 10.5 Å². The van der Waals surface area contributed by atoms with Crippen LogP contribution in [0.15, 0.2) is 41.4 Å². The zero-order valence-electron chi connectivity index (χ0n) is 13.0. The van der Waals surface area contributed by atoms with Gasteiger partial charge in [0.15, 0.2) is 11.6 Å². The van der Waals surface area contributed by atoms with Crippen LogP contribution < -0.4 is 5.32 Å². The van der Waals surface area contributed by atoms with Gasteiger partial charge in [0.25, 0.3) is 5.91 Å². The maximum absolute atomic E-state index is 13.1. The van der Waals surface area contributed by atoms with Crippen molar-refractivity contribution in [2.45, 2.75) is 4.90 Å². The van der Waals surface area contributed by atoms with Crippen molar-refractivity contribution in [3.05, 3.63) is 53.9 Å². The number of amides is 2. The number of nitrogens with one attached hydrogen (secondary N) is 1. The molecule has 0 atom stereocenters. The maximum Gasteiger partial charge on any atom is 0.272 e. The fourth-order valence-corrected chi connectivity index (χ4v) is 2.49. The van der Waals surface area contributed by atoms with Gasteiger partial charge in [0.1, 0.15) is 5.69 Å². The number of pyridine rings is 1. The summed E-state index contributed by atoms with van der Waals surface area (Å²) in [5.41, 5.74) is 0.650. The Morgan fingerprint density at radius 2 is 1.92 bits per heavy atom. The lowest BCUT2D eigenvalue weighted by molar-refractivity contribution is -0.113. The molecule has 0 fully saturated rings. The number of hydrogen-bond acceptors (Lipinski definition) is 4. The van der Waals surface area contributed by atoms with E-state index in [1.54, 1.807) is 20.2 Å². The Morgan fingerprint density at radius 1 is 1.17 bits per heavy atom. The second-order valence-electron chi connectivity index (χ2n) is 5.04. The van der Waals surface area contributed by atoms with Gasteiger partial charge in [0, 0.05) is 30.9 Å². The first-order chi connectivity index (χ1) is 11.4. The summed E-state index contributed by atoms with van der Waals surface area (Å²) >= 11 is 1.08. The van der Waals surface area contributed by atoms with Crippen LogP contribution in [0.3, 0.4) is 0 Å². The number of anilines is 1. The molecule has 2 aromatic rings. The Balaban J connectivity index is 1.96. The summed E-state index contributed by atoms with van der Waals surface area (Å²) in [6.45, 7) is 0. The van der Waals surface area contributed by atoms with Gasteiger partial charge in [-0.2, -0.15) is 0 Å². The van der Waals surface area contributed by atoms with Crippen LogP contribution >= 0.6 is 11.8 Å². The highest BCUT2D eigenvalue weighted by atomic mass is 32.2. The van der Waals surface area contributed by atoms with Gasteiger partial charge in [-0.3, -0.25) is 14.6 Å². The number of halogens is 2. The fraction of sp³-hybridized carbons (Fsp3) is 0.188. The van der Waals surface area contributed by atoms with Gasteiger partial charge in [0.2, 0.25) is 5.91 Å². The molecule has 0 unspecified atom stereocenters. The number of hydrogen-bond donors (Lipinski definition) is 1. The topological polar surface area (TPSA) is 62.3 Å². The van der Waals surface area contributed by atoms with Crippen molar-refractivity contribution in [1.29, 1.82) is 0 Å². The number of carbonyl (C=O) groups is 2. The van der Waals surface area contributed by atoms with Crippen molar-refractivity contribution in [1.82, 2.24) is 9.88 Å². The van der Waals surface area contributed by atoms with Crippen molar-refractivity contribution < 1.29 is 18.4 Å². The Labute approximate surface area is 142 Å². The Bertz CT molecular complexity index is 769. The molecule has 1 heterocycles. The molecular weight excluding hydrogens is 336 g/mol. The van der Waals surface area contributed by atoms with E-state index in [1.165, 1.54) is 23.2 Å². The van der Waals surface area contributed by atoms with Gasteiger partial charge in [0.05, 0.1) is 5.75 Å². The molecule has 0 aliphatic carbocycles. The molecule has 0 radical (unpaired) electrons. The number of aromatic nitrogens is 1. The first-order valence-electron chi connectivity index (χ1n) is 6.92. The fourth-order valence-electron chi connectivity index (χ4n) is 1.77. The molecule has 5 nitrogen and oxygen atoms in total. The third-order valence-electron chi connectivity index (χ3n) is 2.93.